The fourth-order valence-electron chi connectivity index (χ4n) is 4.92. The van der Waals surface area contributed by atoms with Crippen LogP contribution in [0.25, 0.3) is 22.3 Å². The molecular weight excluding hydrogens is 450 g/mol. The van der Waals surface area contributed by atoms with E-state index in [1.54, 1.807) is 6.33 Å². The molecule has 2 fully saturated rings. The molecule has 0 radical (unpaired) electrons. The highest BCUT2D eigenvalue weighted by molar-refractivity contribution is 5.81. The van der Waals surface area contributed by atoms with E-state index in [0.717, 1.165) is 91.5 Å². The number of carbonyl (C=O) groups excluding carboxylic acids is 1. The Morgan fingerprint density at radius 2 is 1.86 bits per heavy atom. The van der Waals surface area contributed by atoms with Crippen molar-refractivity contribution in [3.63, 3.8) is 0 Å². The van der Waals surface area contributed by atoms with Gasteiger partial charge in [-0.25, -0.2) is 15.0 Å². The number of aromatic amines is 1. The molecule has 1 aromatic carbocycles. The highest BCUT2D eigenvalue weighted by Gasteiger charge is 2.34. The number of nitrogens with one attached hydrogen (secondary N) is 1. The number of carbonyl (C=O) groups is 1. The quantitative estimate of drug-likeness (QED) is 0.434. The standard InChI is InChI=1S/C28H31N7O/c1-2-22-15-25(31-18-30-22)21-5-6-24-26(14-21)33-27(32-24)16-23-13-19(7-8-29-23)17-34-9-11-35(12-10-34)28(36)20-3-4-20/h5-8,13-15,18,20H,2-4,9-12,16-17H2,1H3,(H,32,33). The van der Waals surface area contributed by atoms with Gasteiger partial charge in [-0.05, 0) is 55.2 Å². The summed E-state index contributed by atoms with van der Waals surface area (Å²) in [6.07, 6.45) is 7.20. The van der Waals surface area contributed by atoms with Crippen molar-refractivity contribution in [3.05, 3.63) is 71.7 Å². The van der Waals surface area contributed by atoms with E-state index in [-0.39, 0.29) is 0 Å². The molecule has 1 aliphatic carbocycles. The van der Waals surface area contributed by atoms with Crippen molar-refractivity contribution in [1.82, 2.24) is 34.7 Å². The molecule has 8 heteroatoms. The van der Waals surface area contributed by atoms with Crippen molar-refractivity contribution >= 4 is 16.9 Å². The Hall–Kier alpha value is -3.65. The summed E-state index contributed by atoms with van der Waals surface area (Å²) in [6.45, 7) is 6.50. The van der Waals surface area contributed by atoms with Crippen LogP contribution in [0.1, 0.15) is 42.5 Å². The molecule has 2 aliphatic rings. The van der Waals surface area contributed by atoms with Gasteiger partial charge in [0.15, 0.2) is 0 Å². The molecule has 36 heavy (non-hydrogen) atoms. The Balaban J connectivity index is 1.11. The van der Waals surface area contributed by atoms with Crippen LogP contribution >= 0.6 is 0 Å². The molecule has 0 bridgehead atoms. The number of nitrogens with zero attached hydrogens (tertiary/aromatic N) is 6. The second-order valence-corrected chi connectivity index (χ2v) is 9.87. The van der Waals surface area contributed by atoms with Crippen LogP contribution in [-0.2, 0) is 24.2 Å². The number of hydrogen-bond donors (Lipinski definition) is 1. The van der Waals surface area contributed by atoms with Gasteiger partial charge in [0.2, 0.25) is 5.91 Å². The number of benzene rings is 1. The number of imidazole rings is 1. The molecule has 0 unspecified atom stereocenters. The number of hydrogen-bond acceptors (Lipinski definition) is 6. The second-order valence-electron chi connectivity index (χ2n) is 9.87. The Kier molecular flexibility index (Phi) is 6.19. The van der Waals surface area contributed by atoms with E-state index in [1.165, 1.54) is 5.56 Å². The predicted molar refractivity (Wildman–Crippen MR) is 138 cm³/mol. The lowest BCUT2D eigenvalue weighted by atomic mass is 10.1. The minimum atomic E-state index is 0.311. The van der Waals surface area contributed by atoms with Crippen LogP contribution in [-0.4, -0.2) is 66.8 Å². The zero-order valence-electron chi connectivity index (χ0n) is 20.7. The van der Waals surface area contributed by atoms with Crippen molar-refractivity contribution in [3.8, 4) is 11.3 Å². The predicted octanol–water partition coefficient (Wildman–Crippen LogP) is 3.62. The summed E-state index contributed by atoms with van der Waals surface area (Å²) in [5.41, 5.74) is 7.18. The smallest absolute Gasteiger partial charge is 0.225 e. The number of amides is 1. The monoisotopic (exact) mass is 481 g/mol. The van der Waals surface area contributed by atoms with Gasteiger partial charge in [0.25, 0.3) is 0 Å². The lowest BCUT2D eigenvalue weighted by Crippen LogP contribution is -2.48. The van der Waals surface area contributed by atoms with E-state index in [4.69, 9.17) is 4.98 Å². The molecule has 4 aromatic rings. The molecule has 1 amide bonds. The third-order valence-corrected chi connectivity index (χ3v) is 7.16. The number of pyridine rings is 1. The Labute approximate surface area is 210 Å². The number of H-pyrrole nitrogens is 1. The van der Waals surface area contributed by atoms with Gasteiger partial charge < -0.3 is 9.88 Å². The first kappa shape index (κ1) is 22.8. The number of rotatable bonds is 7. The lowest BCUT2D eigenvalue weighted by Gasteiger charge is -2.35. The molecule has 0 spiro atoms. The molecule has 8 nitrogen and oxygen atoms in total. The van der Waals surface area contributed by atoms with Gasteiger partial charge in [0.1, 0.15) is 12.2 Å². The van der Waals surface area contributed by atoms with E-state index < -0.39 is 0 Å². The summed E-state index contributed by atoms with van der Waals surface area (Å²) < 4.78 is 0. The van der Waals surface area contributed by atoms with Crippen LogP contribution < -0.4 is 0 Å². The molecule has 1 aliphatic heterocycles. The number of aromatic nitrogens is 5. The van der Waals surface area contributed by atoms with E-state index in [1.807, 2.05) is 23.2 Å². The molecule has 1 N–H and O–H groups in total. The first-order chi connectivity index (χ1) is 17.6. The first-order valence-corrected chi connectivity index (χ1v) is 12.9. The highest BCUT2D eigenvalue weighted by Crippen LogP contribution is 2.31. The van der Waals surface area contributed by atoms with Crippen LogP contribution in [0.15, 0.2) is 48.9 Å². The van der Waals surface area contributed by atoms with E-state index >= 15 is 0 Å². The topological polar surface area (TPSA) is 90.9 Å². The van der Waals surface area contributed by atoms with Crippen LogP contribution in [0.2, 0.25) is 0 Å². The highest BCUT2D eigenvalue weighted by atomic mass is 16.2. The van der Waals surface area contributed by atoms with Crippen molar-refractivity contribution in [2.24, 2.45) is 5.92 Å². The van der Waals surface area contributed by atoms with Gasteiger partial charge in [-0.1, -0.05) is 13.0 Å². The van der Waals surface area contributed by atoms with Crippen LogP contribution in [0.3, 0.4) is 0 Å². The number of fused-ring (bicyclic) bond motifs is 1. The van der Waals surface area contributed by atoms with Crippen LogP contribution in [0.5, 0.6) is 0 Å². The van der Waals surface area contributed by atoms with Crippen molar-refractivity contribution in [2.75, 3.05) is 26.2 Å². The maximum absolute atomic E-state index is 12.3. The Morgan fingerprint density at radius 1 is 1.00 bits per heavy atom. The van der Waals surface area contributed by atoms with Crippen LogP contribution in [0, 0.1) is 5.92 Å². The van der Waals surface area contributed by atoms with Crippen LogP contribution in [0.4, 0.5) is 0 Å². The molecule has 0 atom stereocenters. The molecule has 4 heterocycles. The Bertz CT molecular complexity index is 1390. The molecule has 1 saturated heterocycles. The van der Waals surface area contributed by atoms with Crippen molar-refractivity contribution < 1.29 is 4.79 Å². The van der Waals surface area contributed by atoms with E-state index in [0.29, 0.717) is 18.2 Å². The van der Waals surface area contributed by atoms with E-state index in [2.05, 4.69) is 56.0 Å². The average molecular weight is 482 g/mol. The molecule has 1 saturated carbocycles. The molecule has 6 rings (SSSR count). The summed E-state index contributed by atoms with van der Waals surface area (Å²) in [4.78, 5) is 38.4. The summed E-state index contributed by atoms with van der Waals surface area (Å²) in [5.74, 6) is 1.57. The third kappa shape index (κ3) is 4.99. The fraction of sp³-hybridized carbons (Fsp3) is 0.393. The average Bonchev–Trinajstić information content (AvgIpc) is 3.68. The maximum Gasteiger partial charge on any atom is 0.225 e. The van der Waals surface area contributed by atoms with Gasteiger partial charge in [-0.3, -0.25) is 14.7 Å². The lowest BCUT2D eigenvalue weighted by molar-refractivity contribution is -0.134. The summed E-state index contributed by atoms with van der Waals surface area (Å²) in [7, 11) is 0. The SMILES string of the molecule is CCc1cc(-c2ccc3nc(Cc4cc(CN5CCN(C(=O)C6CC6)CC5)ccn4)[nH]c3c2)ncn1. The largest absolute Gasteiger partial charge is 0.342 e. The molecule has 184 valence electrons. The Morgan fingerprint density at radius 3 is 2.67 bits per heavy atom. The minimum Gasteiger partial charge on any atom is -0.342 e. The van der Waals surface area contributed by atoms with Gasteiger partial charge in [-0.15, -0.1) is 0 Å². The number of aryl methyl sites for hydroxylation is 1. The zero-order valence-corrected chi connectivity index (χ0v) is 20.7. The molecule has 3 aromatic heterocycles. The van der Waals surface area contributed by atoms with Gasteiger partial charge in [-0.2, -0.15) is 0 Å². The fourth-order valence-corrected chi connectivity index (χ4v) is 4.92. The van der Waals surface area contributed by atoms with Gasteiger partial charge in [0, 0.05) is 68.2 Å². The van der Waals surface area contributed by atoms with Gasteiger partial charge >= 0.3 is 0 Å². The summed E-state index contributed by atoms with van der Waals surface area (Å²) >= 11 is 0. The third-order valence-electron chi connectivity index (χ3n) is 7.16. The minimum absolute atomic E-state index is 0.311. The first-order valence-electron chi connectivity index (χ1n) is 12.9. The zero-order chi connectivity index (χ0) is 24.5. The second kappa shape index (κ2) is 9.78. The van der Waals surface area contributed by atoms with Crippen molar-refractivity contribution in [1.29, 1.82) is 0 Å². The summed E-state index contributed by atoms with van der Waals surface area (Å²) in [6, 6.07) is 12.5. The van der Waals surface area contributed by atoms with Gasteiger partial charge in [0.05, 0.1) is 16.7 Å². The normalized spacial score (nSPS) is 16.5. The van der Waals surface area contributed by atoms with E-state index in [9.17, 15) is 4.79 Å². The van der Waals surface area contributed by atoms with Crippen molar-refractivity contribution in [2.45, 2.75) is 39.2 Å². The summed E-state index contributed by atoms with van der Waals surface area (Å²) in [5, 5.41) is 0. The number of piperazine rings is 1. The molecular formula is C28H31N7O. The maximum atomic E-state index is 12.3.